The van der Waals surface area contributed by atoms with E-state index >= 15 is 0 Å². The second kappa shape index (κ2) is 4.45. The van der Waals surface area contributed by atoms with Gasteiger partial charge in [0.2, 0.25) is 0 Å². The molecule has 1 N–H and O–H groups in total. The summed E-state index contributed by atoms with van der Waals surface area (Å²) in [4.78, 5) is 20.9. The summed E-state index contributed by atoms with van der Waals surface area (Å²) in [7, 11) is 0. The van der Waals surface area contributed by atoms with Gasteiger partial charge in [-0.15, -0.1) is 0 Å². The Kier molecular flexibility index (Phi) is 3.91. The van der Waals surface area contributed by atoms with Crippen molar-refractivity contribution in [3.05, 3.63) is 24.8 Å². The maximum absolute atomic E-state index is 10.9. The van der Waals surface area contributed by atoms with Gasteiger partial charge in [-0.05, 0) is 19.9 Å². The van der Waals surface area contributed by atoms with E-state index in [4.69, 9.17) is 9.84 Å². The Morgan fingerprint density at radius 3 is 2.31 bits per heavy atom. The van der Waals surface area contributed by atoms with Gasteiger partial charge >= 0.3 is 11.9 Å². The molecule has 4 nitrogen and oxygen atoms in total. The minimum absolute atomic E-state index is 0.702. The zero-order chi connectivity index (χ0) is 10.5. The Morgan fingerprint density at radius 1 is 1.38 bits per heavy atom. The Balaban J connectivity index is 4.17. The number of esters is 1. The van der Waals surface area contributed by atoms with Gasteiger partial charge in [0.1, 0.15) is 5.60 Å². The maximum Gasteiger partial charge on any atom is 0.331 e. The van der Waals surface area contributed by atoms with Gasteiger partial charge in [-0.1, -0.05) is 6.58 Å². The van der Waals surface area contributed by atoms with Crippen molar-refractivity contribution in [2.24, 2.45) is 0 Å². The second-order valence-corrected chi connectivity index (χ2v) is 2.90. The highest BCUT2D eigenvalue weighted by atomic mass is 16.6. The monoisotopic (exact) mass is 184 g/mol. The lowest BCUT2D eigenvalue weighted by molar-refractivity contribution is -0.146. The van der Waals surface area contributed by atoms with Crippen molar-refractivity contribution in [2.75, 3.05) is 0 Å². The zero-order valence-electron chi connectivity index (χ0n) is 7.61. The van der Waals surface area contributed by atoms with Gasteiger partial charge in [0.15, 0.2) is 0 Å². The Morgan fingerprint density at radius 2 is 1.92 bits per heavy atom. The van der Waals surface area contributed by atoms with Crippen LogP contribution in [0.3, 0.4) is 0 Å². The van der Waals surface area contributed by atoms with Crippen molar-refractivity contribution >= 4 is 11.9 Å². The zero-order valence-corrected chi connectivity index (χ0v) is 7.61. The van der Waals surface area contributed by atoms with E-state index in [0.29, 0.717) is 0 Å². The van der Waals surface area contributed by atoms with E-state index in [-0.39, 0.29) is 0 Å². The third-order valence-corrected chi connectivity index (χ3v) is 1.22. The molecule has 0 amide bonds. The highest BCUT2D eigenvalue weighted by Crippen LogP contribution is 2.09. The average Bonchev–Trinajstić information content (AvgIpc) is 2.00. The molecule has 0 rings (SSSR count). The van der Waals surface area contributed by atoms with Gasteiger partial charge in [0, 0.05) is 12.2 Å². The third kappa shape index (κ3) is 5.66. The molecule has 0 aromatic rings. The van der Waals surface area contributed by atoms with Crippen molar-refractivity contribution < 1.29 is 19.4 Å². The molecule has 0 spiro atoms. The third-order valence-electron chi connectivity index (χ3n) is 1.22. The largest absolute Gasteiger partial charge is 0.478 e. The number of carboxylic acids is 1. The minimum Gasteiger partial charge on any atom is -0.478 e. The number of rotatable bonds is 4. The summed E-state index contributed by atoms with van der Waals surface area (Å²) in [6.07, 6.45) is 3.04. The van der Waals surface area contributed by atoms with Crippen molar-refractivity contribution in [2.45, 2.75) is 19.4 Å². The van der Waals surface area contributed by atoms with Crippen LogP contribution in [0.25, 0.3) is 0 Å². The van der Waals surface area contributed by atoms with Crippen LogP contribution in [0.4, 0.5) is 0 Å². The van der Waals surface area contributed by atoms with E-state index in [1.54, 1.807) is 13.8 Å². The molecule has 0 aromatic heterocycles. The minimum atomic E-state index is -1.19. The molecule has 0 unspecified atom stereocenters. The standard InChI is InChI=1S/C9H12O4/c1-4-9(2,3)13-8(12)6-5-7(10)11/h4-6H,1H2,2-3H3,(H,10,11)/b6-5+. The summed E-state index contributed by atoms with van der Waals surface area (Å²) < 4.78 is 4.83. The van der Waals surface area contributed by atoms with Crippen LogP contribution in [-0.4, -0.2) is 22.6 Å². The molecule has 0 saturated heterocycles. The normalized spacial score (nSPS) is 11.2. The van der Waals surface area contributed by atoms with E-state index in [2.05, 4.69) is 6.58 Å². The van der Waals surface area contributed by atoms with E-state index in [1.165, 1.54) is 6.08 Å². The van der Waals surface area contributed by atoms with Crippen LogP contribution in [-0.2, 0) is 14.3 Å². The SMILES string of the molecule is C=CC(C)(C)OC(=O)/C=C/C(=O)O. The van der Waals surface area contributed by atoms with Gasteiger partial charge in [-0.3, -0.25) is 0 Å². The van der Waals surface area contributed by atoms with Gasteiger partial charge in [0.25, 0.3) is 0 Å². The molecule has 0 aliphatic carbocycles. The van der Waals surface area contributed by atoms with E-state index in [9.17, 15) is 9.59 Å². The number of hydrogen-bond acceptors (Lipinski definition) is 3. The summed E-state index contributed by atoms with van der Waals surface area (Å²) in [6, 6.07) is 0. The lowest BCUT2D eigenvalue weighted by Crippen LogP contribution is -2.24. The molecule has 0 atom stereocenters. The Hall–Kier alpha value is -1.58. The fourth-order valence-electron chi connectivity index (χ4n) is 0.474. The molecule has 0 saturated carbocycles. The van der Waals surface area contributed by atoms with Gasteiger partial charge < -0.3 is 9.84 Å². The molecule has 0 fully saturated rings. The van der Waals surface area contributed by atoms with Crippen molar-refractivity contribution in [1.29, 1.82) is 0 Å². The van der Waals surface area contributed by atoms with Gasteiger partial charge in [-0.25, -0.2) is 9.59 Å². The van der Waals surface area contributed by atoms with E-state index in [1.807, 2.05) is 0 Å². The lowest BCUT2D eigenvalue weighted by Gasteiger charge is -2.19. The summed E-state index contributed by atoms with van der Waals surface area (Å²) in [5.41, 5.74) is -0.778. The average molecular weight is 184 g/mol. The van der Waals surface area contributed by atoms with Crippen LogP contribution in [0.1, 0.15) is 13.8 Å². The molecule has 0 bridgehead atoms. The van der Waals surface area contributed by atoms with Crippen LogP contribution in [0.15, 0.2) is 24.8 Å². The lowest BCUT2D eigenvalue weighted by atomic mass is 10.1. The first-order valence-corrected chi connectivity index (χ1v) is 3.65. The smallest absolute Gasteiger partial charge is 0.331 e. The van der Waals surface area contributed by atoms with Gasteiger partial charge in [-0.2, -0.15) is 0 Å². The highest BCUT2D eigenvalue weighted by molar-refractivity contribution is 5.90. The first-order chi connectivity index (χ1) is 5.87. The quantitative estimate of drug-likeness (QED) is 0.404. The summed E-state index contributed by atoms with van der Waals surface area (Å²) >= 11 is 0. The second-order valence-electron chi connectivity index (χ2n) is 2.90. The number of carboxylic acid groups (broad SMARTS) is 1. The number of aliphatic carboxylic acids is 1. The van der Waals surface area contributed by atoms with Crippen molar-refractivity contribution in [1.82, 2.24) is 0 Å². The van der Waals surface area contributed by atoms with E-state index in [0.717, 1.165) is 12.2 Å². The molecule has 0 aromatic carbocycles. The fraction of sp³-hybridized carbons (Fsp3) is 0.333. The van der Waals surface area contributed by atoms with Crippen LogP contribution in [0, 0.1) is 0 Å². The summed E-state index contributed by atoms with van der Waals surface area (Å²) in [5.74, 6) is -1.89. The topological polar surface area (TPSA) is 63.6 Å². The molecule has 0 aliphatic rings. The maximum atomic E-state index is 10.9. The van der Waals surface area contributed by atoms with Gasteiger partial charge in [0.05, 0.1) is 0 Å². The molecule has 72 valence electrons. The molecule has 0 radical (unpaired) electrons. The van der Waals surface area contributed by atoms with Crippen LogP contribution in [0.2, 0.25) is 0 Å². The summed E-state index contributed by atoms with van der Waals surface area (Å²) in [5, 5.41) is 8.20. The first-order valence-electron chi connectivity index (χ1n) is 3.65. The molecular weight excluding hydrogens is 172 g/mol. The fourth-order valence-corrected chi connectivity index (χ4v) is 0.474. The van der Waals surface area contributed by atoms with Crippen LogP contribution < -0.4 is 0 Å². The number of carbonyl (C=O) groups excluding carboxylic acids is 1. The molecule has 0 heterocycles. The molecule has 4 heteroatoms. The van der Waals surface area contributed by atoms with Crippen LogP contribution >= 0.6 is 0 Å². The Labute approximate surface area is 76.5 Å². The number of carbonyl (C=O) groups is 2. The summed E-state index contributed by atoms with van der Waals surface area (Å²) in [6.45, 7) is 6.75. The first kappa shape index (κ1) is 11.4. The predicted molar refractivity (Wildman–Crippen MR) is 47.1 cm³/mol. The molecule has 0 aliphatic heterocycles. The Bertz CT molecular complexity index is 250. The van der Waals surface area contributed by atoms with E-state index < -0.39 is 17.5 Å². The number of ether oxygens (including phenoxy) is 1. The predicted octanol–water partition coefficient (Wildman–Crippen LogP) is 1.14. The molecular formula is C9H12O4. The van der Waals surface area contributed by atoms with Crippen molar-refractivity contribution in [3.63, 3.8) is 0 Å². The van der Waals surface area contributed by atoms with Crippen LogP contribution in [0.5, 0.6) is 0 Å². The molecule has 13 heavy (non-hydrogen) atoms. The number of hydrogen-bond donors (Lipinski definition) is 1. The highest BCUT2D eigenvalue weighted by Gasteiger charge is 2.16. The van der Waals surface area contributed by atoms with Crippen molar-refractivity contribution in [3.8, 4) is 0 Å².